The molecule has 0 N–H and O–H groups in total. The van der Waals surface area contributed by atoms with Gasteiger partial charge in [-0.2, -0.15) is 5.10 Å². The Kier molecular flexibility index (Phi) is 4.40. The van der Waals surface area contributed by atoms with Gasteiger partial charge in [-0.25, -0.2) is 4.98 Å². The van der Waals surface area contributed by atoms with Gasteiger partial charge in [0, 0.05) is 25.4 Å². The minimum Gasteiger partial charge on any atom is -0.286 e. The Morgan fingerprint density at radius 1 is 1.41 bits per heavy atom. The van der Waals surface area contributed by atoms with Gasteiger partial charge in [-0.15, -0.1) is 0 Å². The number of carbonyl (C=O) groups excluding carboxylic acids is 1. The molecule has 7 heteroatoms. The highest BCUT2D eigenvalue weighted by atomic mass is 35.5. The van der Waals surface area contributed by atoms with Crippen LogP contribution in [0.5, 0.6) is 0 Å². The van der Waals surface area contributed by atoms with Gasteiger partial charge in [-0.05, 0) is 18.2 Å². The summed E-state index contributed by atoms with van der Waals surface area (Å²) in [7, 11) is 0. The Balaban J connectivity index is 1.89. The molecule has 0 bridgehead atoms. The third kappa shape index (κ3) is 2.98. The van der Waals surface area contributed by atoms with E-state index in [4.69, 9.17) is 11.6 Å². The molecule has 5 nitrogen and oxygen atoms in total. The van der Waals surface area contributed by atoms with Gasteiger partial charge >= 0.3 is 0 Å². The normalized spacial score (nSPS) is 11.0. The number of nitrogens with zero attached hydrogens (tertiary/aromatic N) is 4. The van der Waals surface area contributed by atoms with Gasteiger partial charge in [0.1, 0.15) is 5.52 Å². The van der Waals surface area contributed by atoms with Crippen molar-refractivity contribution in [2.24, 2.45) is 0 Å². The Morgan fingerprint density at radius 2 is 2.27 bits per heavy atom. The molecule has 0 radical (unpaired) electrons. The van der Waals surface area contributed by atoms with E-state index >= 15 is 0 Å². The average molecular weight is 335 g/mol. The second-order valence-electron chi connectivity index (χ2n) is 4.75. The number of halogens is 1. The number of hydrogen-bond acceptors (Lipinski definition) is 4. The van der Waals surface area contributed by atoms with Crippen molar-refractivity contribution in [2.75, 3.05) is 11.4 Å². The van der Waals surface area contributed by atoms with Crippen LogP contribution in [0.2, 0.25) is 5.02 Å². The molecule has 3 aromatic rings. The lowest BCUT2D eigenvalue weighted by atomic mass is 10.3. The maximum atomic E-state index is 12.3. The van der Waals surface area contributed by atoms with Crippen molar-refractivity contribution in [3.63, 3.8) is 0 Å². The number of anilines is 1. The van der Waals surface area contributed by atoms with E-state index in [9.17, 15) is 4.79 Å². The van der Waals surface area contributed by atoms with E-state index in [0.717, 1.165) is 10.2 Å². The number of hydrogen-bond donors (Lipinski definition) is 0. The van der Waals surface area contributed by atoms with Crippen LogP contribution in [0.15, 0.2) is 36.7 Å². The van der Waals surface area contributed by atoms with Gasteiger partial charge in [-0.1, -0.05) is 35.9 Å². The molecule has 1 amide bonds. The van der Waals surface area contributed by atoms with Crippen LogP contribution in [0.1, 0.15) is 13.3 Å². The number of carbonyl (C=O) groups is 1. The molecular formula is C15H15ClN4OS. The van der Waals surface area contributed by atoms with Crippen molar-refractivity contribution in [1.82, 2.24) is 14.8 Å². The molecule has 22 heavy (non-hydrogen) atoms. The summed E-state index contributed by atoms with van der Waals surface area (Å²) < 4.78 is 2.78. The molecule has 3 rings (SSSR count). The Morgan fingerprint density at radius 3 is 2.95 bits per heavy atom. The lowest BCUT2D eigenvalue weighted by Crippen LogP contribution is -2.33. The van der Waals surface area contributed by atoms with Crippen molar-refractivity contribution in [2.45, 2.75) is 19.9 Å². The zero-order chi connectivity index (χ0) is 15.5. The standard InChI is InChI=1S/C15H15ClN4OS/c1-2-13(21)20(10-9-19-8-4-7-17-19)15-18-14-11(16)5-3-6-12(14)22-15/h3-8H,2,9-10H2,1H3. The van der Waals surface area contributed by atoms with E-state index < -0.39 is 0 Å². The van der Waals surface area contributed by atoms with E-state index in [-0.39, 0.29) is 5.91 Å². The van der Waals surface area contributed by atoms with Crippen LogP contribution in [0.3, 0.4) is 0 Å². The number of rotatable bonds is 5. The average Bonchev–Trinajstić information content (AvgIpc) is 3.17. The minimum atomic E-state index is 0.0438. The Hall–Kier alpha value is -1.92. The van der Waals surface area contributed by atoms with E-state index in [1.807, 2.05) is 37.4 Å². The van der Waals surface area contributed by atoms with E-state index in [1.54, 1.807) is 15.8 Å². The third-order valence-electron chi connectivity index (χ3n) is 3.30. The first-order valence-corrected chi connectivity index (χ1v) is 8.21. The summed E-state index contributed by atoms with van der Waals surface area (Å²) in [5.74, 6) is 0.0438. The third-order valence-corrected chi connectivity index (χ3v) is 4.65. The number of thiazole rings is 1. The van der Waals surface area contributed by atoms with Gasteiger partial charge in [0.2, 0.25) is 5.91 Å². The van der Waals surface area contributed by atoms with Gasteiger partial charge < -0.3 is 0 Å². The second-order valence-corrected chi connectivity index (χ2v) is 6.17. The van der Waals surface area contributed by atoms with E-state index in [1.165, 1.54) is 11.3 Å². The van der Waals surface area contributed by atoms with Crippen molar-refractivity contribution in [3.8, 4) is 0 Å². The lowest BCUT2D eigenvalue weighted by Gasteiger charge is -2.19. The molecule has 0 aliphatic rings. The molecule has 0 aliphatic heterocycles. The van der Waals surface area contributed by atoms with Crippen LogP contribution in [0, 0.1) is 0 Å². The molecule has 0 spiro atoms. The van der Waals surface area contributed by atoms with Gasteiger partial charge in [0.15, 0.2) is 5.13 Å². The van der Waals surface area contributed by atoms with Crippen LogP contribution >= 0.6 is 22.9 Å². The first-order chi connectivity index (χ1) is 10.7. The minimum absolute atomic E-state index is 0.0438. The largest absolute Gasteiger partial charge is 0.286 e. The van der Waals surface area contributed by atoms with Crippen LogP contribution in [0.4, 0.5) is 5.13 Å². The first-order valence-electron chi connectivity index (χ1n) is 7.02. The van der Waals surface area contributed by atoms with Crippen LogP contribution in [0.25, 0.3) is 10.2 Å². The molecule has 114 valence electrons. The zero-order valence-corrected chi connectivity index (χ0v) is 13.6. The maximum Gasteiger partial charge on any atom is 0.228 e. The summed E-state index contributed by atoms with van der Waals surface area (Å²) in [6, 6.07) is 7.53. The van der Waals surface area contributed by atoms with Crippen molar-refractivity contribution < 1.29 is 4.79 Å². The monoisotopic (exact) mass is 334 g/mol. The predicted octanol–water partition coefficient (Wildman–Crippen LogP) is 3.59. The molecular weight excluding hydrogens is 320 g/mol. The molecule has 0 aliphatic carbocycles. The highest BCUT2D eigenvalue weighted by molar-refractivity contribution is 7.22. The predicted molar refractivity (Wildman–Crippen MR) is 89.5 cm³/mol. The van der Waals surface area contributed by atoms with Gasteiger partial charge in [-0.3, -0.25) is 14.4 Å². The summed E-state index contributed by atoms with van der Waals surface area (Å²) in [5, 5.41) is 5.45. The highest BCUT2D eigenvalue weighted by Crippen LogP contribution is 2.33. The summed E-state index contributed by atoms with van der Waals surface area (Å²) in [5.41, 5.74) is 0.747. The molecule has 0 saturated heterocycles. The van der Waals surface area contributed by atoms with Crippen LogP contribution in [-0.2, 0) is 11.3 Å². The lowest BCUT2D eigenvalue weighted by molar-refractivity contribution is -0.118. The summed E-state index contributed by atoms with van der Waals surface area (Å²) in [6.07, 6.45) is 4.04. The molecule has 2 heterocycles. The van der Waals surface area contributed by atoms with E-state index in [0.29, 0.717) is 29.7 Å². The molecule has 0 fully saturated rings. The number of fused-ring (bicyclic) bond motifs is 1. The van der Waals surface area contributed by atoms with Gasteiger partial charge in [0.05, 0.1) is 16.3 Å². The Labute approximate surface area is 137 Å². The summed E-state index contributed by atoms with van der Waals surface area (Å²) in [4.78, 5) is 18.5. The smallest absolute Gasteiger partial charge is 0.228 e. The fraction of sp³-hybridized carbons (Fsp3) is 0.267. The number of benzene rings is 1. The summed E-state index contributed by atoms with van der Waals surface area (Å²) in [6.45, 7) is 3.01. The van der Waals surface area contributed by atoms with Crippen molar-refractivity contribution in [1.29, 1.82) is 0 Å². The molecule has 0 saturated carbocycles. The number of para-hydroxylation sites is 1. The van der Waals surface area contributed by atoms with Crippen molar-refractivity contribution in [3.05, 3.63) is 41.7 Å². The van der Waals surface area contributed by atoms with E-state index in [2.05, 4.69) is 10.1 Å². The Bertz CT molecular complexity index is 784. The summed E-state index contributed by atoms with van der Waals surface area (Å²) >= 11 is 7.65. The molecule has 2 aromatic heterocycles. The second kappa shape index (κ2) is 6.46. The maximum absolute atomic E-state index is 12.3. The zero-order valence-electron chi connectivity index (χ0n) is 12.1. The van der Waals surface area contributed by atoms with Crippen molar-refractivity contribution >= 4 is 44.2 Å². The molecule has 0 unspecified atom stereocenters. The highest BCUT2D eigenvalue weighted by Gasteiger charge is 2.19. The first kappa shape index (κ1) is 15.0. The number of aromatic nitrogens is 3. The van der Waals surface area contributed by atoms with Gasteiger partial charge in [0.25, 0.3) is 0 Å². The quantitative estimate of drug-likeness (QED) is 0.716. The van der Waals surface area contributed by atoms with Crippen LogP contribution in [-0.4, -0.2) is 27.2 Å². The number of amides is 1. The SMILES string of the molecule is CCC(=O)N(CCn1cccn1)c1nc2c(Cl)cccc2s1. The molecule has 0 atom stereocenters. The fourth-order valence-corrected chi connectivity index (χ4v) is 3.48. The van der Waals surface area contributed by atoms with Crippen LogP contribution < -0.4 is 4.90 Å². The fourth-order valence-electron chi connectivity index (χ4n) is 2.17. The topological polar surface area (TPSA) is 51.0 Å². The molecule has 1 aromatic carbocycles.